The molecule has 0 aliphatic heterocycles. The molecule has 134 valence electrons. The minimum atomic E-state index is -4.74. The largest absolute Gasteiger partial charge is 0.391 e. The zero-order valence-electron chi connectivity index (χ0n) is 13.7. The third kappa shape index (κ3) is 9.17. The minimum absolute atomic E-state index is 0.0289. The number of nitrogens with one attached hydrogen (secondary N) is 1. The highest BCUT2D eigenvalue weighted by Crippen LogP contribution is 2.25. The third-order valence-corrected chi connectivity index (χ3v) is 2.56. The first-order chi connectivity index (χ1) is 10.4. The first-order valence-corrected chi connectivity index (χ1v) is 7.23. The van der Waals surface area contributed by atoms with Crippen LogP contribution in [0.3, 0.4) is 0 Å². The summed E-state index contributed by atoms with van der Waals surface area (Å²) >= 11 is 0. The topological polar surface area (TPSA) is 75.7 Å². The van der Waals surface area contributed by atoms with E-state index in [0.29, 0.717) is 6.42 Å². The van der Waals surface area contributed by atoms with E-state index in [9.17, 15) is 27.6 Å². The van der Waals surface area contributed by atoms with E-state index in [1.54, 1.807) is 0 Å². The molecule has 0 fully saturated rings. The highest BCUT2D eigenvalue weighted by Gasteiger charge is 2.42. The van der Waals surface area contributed by atoms with Crippen molar-refractivity contribution in [3.8, 4) is 0 Å². The van der Waals surface area contributed by atoms with Gasteiger partial charge >= 0.3 is 6.18 Å². The highest BCUT2D eigenvalue weighted by atomic mass is 19.4. The number of hydrogen-bond acceptors (Lipinski definition) is 4. The zero-order chi connectivity index (χ0) is 18.3. The molecule has 1 N–H and O–H groups in total. The lowest BCUT2D eigenvalue weighted by atomic mass is 10.1. The van der Waals surface area contributed by atoms with Gasteiger partial charge in [0.25, 0.3) is 5.91 Å². The van der Waals surface area contributed by atoms with Crippen LogP contribution in [0.15, 0.2) is 0 Å². The molecule has 0 aromatic heterocycles. The number of alkyl halides is 3. The molecule has 0 saturated carbocycles. The summed E-state index contributed by atoms with van der Waals surface area (Å²) in [4.78, 5) is 39.8. The van der Waals surface area contributed by atoms with E-state index in [1.165, 1.54) is 20.8 Å². The van der Waals surface area contributed by atoms with Crippen LogP contribution in [0.2, 0.25) is 0 Å². The number of Topliss-reactive ketones (excluding diaryl/α,β-unsaturated/α-hetero) is 1. The Hall–Kier alpha value is -1.64. The van der Waals surface area contributed by atoms with Crippen LogP contribution >= 0.6 is 0 Å². The second-order valence-electron chi connectivity index (χ2n) is 5.98. The van der Waals surface area contributed by atoms with Crippen molar-refractivity contribution in [2.75, 3.05) is 6.54 Å². The number of hydrogen-bond donors (Lipinski definition) is 1. The van der Waals surface area contributed by atoms with Crippen molar-refractivity contribution in [2.24, 2.45) is 0 Å². The van der Waals surface area contributed by atoms with Crippen LogP contribution in [0.1, 0.15) is 47.0 Å². The van der Waals surface area contributed by atoms with Crippen LogP contribution in [0.4, 0.5) is 13.2 Å². The predicted octanol–water partition coefficient (Wildman–Crippen LogP) is 1.98. The average Bonchev–Trinajstić information content (AvgIpc) is 2.39. The van der Waals surface area contributed by atoms with Crippen molar-refractivity contribution in [3.05, 3.63) is 0 Å². The maximum absolute atomic E-state index is 12.7. The minimum Gasteiger partial charge on any atom is -0.349 e. The maximum atomic E-state index is 12.7. The van der Waals surface area contributed by atoms with Gasteiger partial charge in [0.15, 0.2) is 0 Å². The lowest BCUT2D eigenvalue weighted by Crippen LogP contribution is -2.51. The summed E-state index contributed by atoms with van der Waals surface area (Å²) in [5.41, 5.74) is -1.01. The third-order valence-electron chi connectivity index (χ3n) is 2.56. The fourth-order valence-electron chi connectivity index (χ4n) is 1.61. The summed E-state index contributed by atoms with van der Waals surface area (Å²) in [5.74, 6) is -2.54. The van der Waals surface area contributed by atoms with Gasteiger partial charge in [-0.1, -0.05) is 13.3 Å². The number of carbonyl (C=O) groups is 3. The molecule has 0 bridgehead atoms. The first kappa shape index (κ1) is 21.4. The van der Waals surface area contributed by atoms with E-state index in [1.807, 2.05) is 6.92 Å². The van der Waals surface area contributed by atoms with E-state index < -0.39 is 35.9 Å². The van der Waals surface area contributed by atoms with Gasteiger partial charge < -0.3 is 5.32 Å². The summed E-state index contributed by atoms with van der Waals surface area (Å²) in [6.45, 7) is 6.52. The number of hydroxylamine groups is 2. The molecule has 1 unspecified atom stereocenters. The molecule has 0 heterocycles. The Morgan fingerprint density at radius 3 is 2.22 bits per heavy atom. The molecular weight excluding hydrogens is 317 g/mol. The Morgan fingerprint density at radius 1 is 1.26 bits per heavy atom. The van der Waals surface area contributed by atoms with Crippen molar-refractivity contribution in [1.82, 2.24) is 10.4 Å². The molecule has 0 aliphatic rings. The molecule has 6 nitrogen and oxygen atoms in total. The fraction of sp³-hybridized carbons (Fsp3) is 0.786. The summed E-state index contributed by atoms with van der Waals surface area (Å²) in [6, 6.07) is -2.06. The standard InChI is InChI=1S/C14H23F3N2O4/c1-5-6-7-18-12(22)11(21)10(8-14(15,16)17)19(9-20)23-13(2,3)4/h9-10H,5-8H2,1-4H3,(H,18,22). The smallest absolute Gasteiger partial charge is 0.349 e. The molecule has 0 aromatic rings. The molecule has 0 aliphatic carbocycles. The lowest BCUT2D eigenvalue weighted by Gasteiger charge is -2.32. The summed E-state index contributed by atoms with van der Waals surface area (Å²) in [5, 5.41) is 2.50. The van der Waals surface area contributed by atoms with Crippen molar-refractivity contribution < 1.29 is 32.4 Å². The van der Waals surface area contributed by atoms with Gasteiger partial charge in [-0.15, -0.1) is 0 Å². The van der Waals surface area contributed by atoms with Gasteiger partial charge in [-0.05, 0) is 27.2 Å². The number of unbranched alkanes of at least 4 members (excludes halogenated alkanes) is 1. The zero-order valence-corrected chi connectivity index (χ0v) is 13.7. The van der Waals surface area contributed by atoms with Gasteiger partial charge in [0.2, 0.25) is 12.2 Å². The monoisotopic (exact) mass is 340 g/mol. The number of amides is 2. The number of ketones is 1. The molecule has 0 aromatic carbocycles. The van der Waals surface area contributed by atoms with E-state index >= 15 is 0 Å². The van der Waals surface area contributed by atoms with Crippen molar-refractivity contribution >= 4 is 18.1 Å². The van der Waals surface area contributed by atoms with Gasteiger partial charge in [-0.25, -0.2) is 5.06 Å². The van der Waals surface area contributed by atoms with Crippen LogP contribution < -0.4 is 5.32 Å². The van der Waals surface area contributed by atoms with E-state index in [4.69, 9.17) is 4.84 Å². The molecule has 0 radical (unpaired) electrons. The number of carbonyl (C=O) groups excluding carboxylic acids is 3. The van der Waals surface area contributed by atoms with E-state index in [2.05, 4.69) is 5.32 Å². The highest BCUT2D eigenvalue weighted by molar-refractivity contribution is 6.38. The summed E-state index contributed by atoms with van der Waals surface area (Å²) in [7, 11) is 0. The van der Waals surface area contributed by atoms with Crippen molar-refractivity contribution in [1.29, 1.82) is 0 Å². The van der Waals surface area contributed by atoms with Crippen LogP contribution in [-0.4, -0.2) is 47.5 Å². The van der Waals surface area contributed by atoms with Gasteiger partial charge in [-0.2, -0.15) is 13.2 Å². The quantitative estimate of drug-likeness (QED) is 0.301. The molecule has 2 amide bonds. The molecule has 0 rings (SSSR count). The average molecular weight is 340 g/mol. The normalized spacial score (nSPS) is 13.3. The summed E-state index contributed by atoms with van der Waals surface area (Å²) in [6.07, 6.45) is -5.11. The van der Waals surface area contributed by atoms with E-state index in [0.717, 1.165) is 6.42 Å². The Bertz CT molecular complexity index is 419. The van der Waals surface area contributed by atoms with Crippen LogP contribution in [0, 0.1) is 0 Å². The predicted molar refractivity (Wildman–Crippen MR) is 76.1 cm³/mol. The molecule has 9 heteroatoms. The Morgan fingerprint density at radius 2 is 1.83 bits per heavy atom. The lowest BCUT2D eigenvalue weighted by molar-refractivity contribution is -0.244. The van der Waals surface area contributed by atoms with Crippen LogP contribution in [0.25, 0.3) is 0 Å². The van der Waals surface area contributed by atoms with Gasteiger partial charge in [0.05, 0.1) is 12.0 Å². The Labute approximate surface area is 133 Å². The molecule has 23 heavy (non-hydrogen) atoms. The first-order valence-electron chi connectivity index (χ1n) is 7.23. The SMILES string of the molecule is CCCCNC(=O)C(=O)C(CC(F)(F)F)N(C=O)OC(C)(C)C. The number of halogens is 3. The number of nitrogens with zero attached hydrogens (tertiary/aromatic N) is 1. The van der Waals surface area contributed by atoms with Crippen molar-refractivity contribution in [3.63, 3.8) is 0 Å². The summed E-state index contributed by atoms with van der Waals surface area (Å²) < 4.78 is 38.1. The Balaban J connectivity index is 5.22. The van der Waals surface area contributed by atoms with Crippen LogP contribution in [-0.2, 0) is 19.2 Å². The molecule has 0 saturated heterocycles. The molecular formula is C14H23F3N2O4. The number of rotatable bonds is 9. The van der Waals surface area contributed by atoms with Crippen molar-refractivity contribution in [2.45, 2.75) is 64.8 Å². The maximum Gasteiger partial charge on any atom is 0.391 e. The fourth-order valence-corrected chi connectivity index (χ4v) is 1.61. The molecule has 0 spiro atoms. The van der Waals surface area contributed by atoms with Gasteiger partial charge in [-0.3, -0.25) is 19.2 Å². The second kappa shape index (κ2) is 8.85. The van der Waals surface area contributed by atoms with Gasteiger partial charge in [0.1, 0.15) is 6.04 Å². The Kier molecular flexibility index (Phi) is 8.22. The van der Waals surface area contributed by atoms with Crippen LogP contribution in [0.5, 0.6) is 0 Å². The second-order valence-corrected chi connectivity index (χ2v) is 5.98. The van der Waals surface area contributed by atoms with E-state index in [-0.39, 0.29) is 18.0 Å². The van der Waals surface area contributed by atoms with Gasteiger partial charge in [0, 0.05) is 6.54 Å². The molecule has 1 atom stereocenters.